The fourth-order valence-electron chi connectivity index (χ4n) is 2.68. The first-order valence-corrected chi connectivity index (χ1v) is 9.58. The zero-order valence-corrected chi connectivity index (χ0v) is 15.3. The quantitative estimate of drug-likeness (QED) is 0.577. The maximum absolute atomic E-state index is 12.1. The van der Waals surface area contributed by atoms with Crippen molar-refractivity contribution in [3.05, 3.63) is 78.4 Å². The van der Waals surface area contributed by atoms with Gasteiger partial charge in [0.2, 0.25) is 0 Å². The van der Waals surface area contributed by atoms with Crippen LogP contribution in [-0.2, 0) is 10.1 Å². The first kappa shape index (κ1) is 18.6. The third-order valence-electron chi connectivity index (χ3n) is 3.89. The van der Waals surface area contributed by atoms with E-state index < -0.39 is 10.1 Å². The number of anilines is 2. The van der Waals surface area contributed by atoms with E-state index in [0.717, 1.165) is 5.56 Å². The minimum atomic E-state index is -4.33. The molecule has 3 aromatic carbocycles. The summed E-state index contributed by atoms with van der Waals surface area (Å²) in [7, 11) is -4.33. The van der Waals surface area contributed by atoms with Gasteiger partial charge >= 0.3 is 6.03 Å². The van der Waals surface area contributed by atoms with Crippen molar-refractivity contribution in [1.82, 2.24) is 0 Å². The lowest BCUT2D eigenvalue weighted by Crippen LogP contribution is -2.19. The highest BCUT2D eigenvalue weighted by atomic mass is 32.2. The topological polar surface area (TPSA) is 95.5 Å². The number of carbonyl (C=O) groups is 1. The molecule has 0 aliphatic rings. The van der Waals surface area contributed by atoms with Crippen LogP contribution < -0.4 is 10.6 Å². The van der Waals surface area contributed by atoms with Crippen LogP contribution in [0, 0.1) is 6.92 Å². The number of amides is 2. The molecule has 0 aliphatic carbocycles. The summed E-state index contributed by atoms with van der Waals surface area (Å²) in [5, 5.41) is 5.46. The van der Waals surface area contributed by atoms with E-state index in [-0.39, 0.29) is 10.9 Å². The molecule has 0 spiro atoms. The van der Waals surface area contributed by atoms with Crippen molar-refractivity contribution in [2.24, 2.45) is 0 Å². The fraction of sp³-hybridized carbons (Fsp3) is 0.0500. The van der Waals surface area contributed by atoms with Gasteiger partial charge in [0, 0.05) is 16.9 Å². The summed E-state index contributed by atoms with van der Waals surface area (Å²) >= 11 is 0. The average Bonchev–Trinajstić information content (AvgIpc) is 2.61. The van der Waals surface area contributed by atoms with Crippen LogP contribution in [0.5, 0.6) is 0 Å². The second kappa shape index (κ2) is 7.61. The molecule has 138 valence electrons. The molecule has 7 heteroatoms. The molecule has 2 amide bonds. The molecule has 0 aromatic heterocycles. The Hall–Kier alpha value is -3.16. The summed E-state index contributed by atoms with van der Waals surface area (Å²) in [5.41, 5.74) is 3.26. The first-order valence-electron chi connectivity index (χ1n) is 8.14. The van der Waals surface area contributed by atoms with Crippen LogP contribution in [0.3, 0.4) is 0 Å². The lowest BCUT2D eigenvalue weighted by Gasteiger charge is -2.10. The number of benzene rings is 3. The third-order valence-corrected chi connectivity index (χ3v) is 4.81. The van der Waals surface area contributed by atoms with Crippen LogP contribution in [0.4, 0.5) is 16.2 Å². The van der Waals surface area contributed by atoms with Crippen LogP contribution in [0.1, 0.15) is 5.56 Å². The zero-order chi connectivity index (χ0) is 19.4. The van der Waals surface area contributed by atoms with Gasteiger partial charge in [-0.2, -0.15) is 8.42 Å². The standard InChI is InChI=1S/C20H18N2O4S/c1-14-5-4-6-17(13-14)22-20(23)21-16-11-9-15(10-12-16)18-7-2-3-8-19(18)27(24,25)26/h2-13H,1H3,(H2,21,22,23)(H,24,25,26). The Kier molecular flexibility index (Phi) is 5.25. The number of nitrogens with one attached hydrogen (secondary N) is 2. The van der Waals surface area contributed by atoms with Crippen molar-refractivity contribution in [1.29, 1.82) is 0 Å². The van der Waals surface area contributed by atoms with E-state index in [4.69, 9.17) is 0 Å². The summed E-state index contributed by atoms with van der Waals surface area (Å²) in [4.78, 5) is 11.9. The molecular formula is C20H18N2O4S. The van der Waals surface area contributed by atoms with Gasteiger partial charge in [-0.05, 0) is 48.4 Å². The van der Waals surface area contributed by atoms with Crippen molar-refractivity contribution >= 4 is 27.5 Å². The number of carbonyl (C=O) groups excluding carboxylic acids is 1. The number of rotatable bonds is 4. The maximum Gasteiger partial charge on any atom is 0.323 e. The minimum absolute atomic E-state index is 0.164. The SMILES string of the molecule is Cc1cccc(NC(=O)Nc2ccc(-c3ccccc3S(=O)(=O)O)cc2)c1. The van der Waals surface area contributed by atoms with Gasteiger partial charge in [0.15, 0.2) is 0 Å². The monoisotopic (exact) mass is 382 g/mol. The smallest absolute Gasteiger partial charge is 0.308 e. The predicted molar refractivity (Wildman–Crippen MR) is 106 cm³/mol. The van der Waals surface area contributed by atoms with Crippen LogP contribution in [-0.4, -0.2) is 19.0 Å². The van der Waals surface area contributed by atoms with Gasteiger partial charge in [0.05, 0.1) is 0 Å². The highest BCUT2D eigenvalue weighted by molar-refractivity contribution is 7.86. The van der Waals surface area contributed by atoms with Crippen LogP contribution in [0.25, 0.3) is 11.1 Å². The minimum Gasteiger partial charge on any atom is -0.308 e. The number of aryl methyl sites for hydroxylation is 1. The van der Waals surface area contributed by atoms with E-state index in [2.05, 4.69) is 10.6 Å². The molecule has 0 heterocycles. The Morgan fingerprint density at radius 1 is 0.852 bits per heavy atom. The Morgan fingerprint density at radius 2 is 1.52 bits per heavy atom. The Balaban J connectivity index is 1.76. The molecule has 0 aliphatic heterocycles. The zero-order valence-electron chi connectivity index (χ0n) is 14.5. The second-order valence-electron chi connectivity index (χ2n) is 6.00. The summed E-state index contributed by atoms with van der Waals surface area (Å²) in [6, 6.07) is 19.9. The Labute approximate surface area is 157 Å². The summed E-state index contributed by atoms with van der Waals surface area (Å²) in [6.45, 7) is 1.94. The molecule has 0 fully saturated rings. The molecule has 27 heavy (non-hydrogen) atoms. The highest BCUT2D eigenvalue weighted by Crippen LogP contribution is 2.28. The fourth-order valence-corrected chi connectivity index (χ4v) is 3.39. The average molecular weight is 382 g/mol. The molecule has 3 N–H and O–H groups in total. The molecule has 3 rings (SSSR count). The van der Waals surface area contributed by atoms with Crippen LogP contribution in [0.15, 0.2) is 77.7 Å². The number of urea groups is 1. The first-order chi connectivity index (χ1) is 12.8. The molecule has 3 aromatic rings. The number of hydrogen-bond acceptors (Lipinski definition) is 3. The van der Waals surface area contributed by atoms with Gasteiger partial charge in [-0.1, -0.05) is 42.5 Å². The van der Waals surface area contributed by atoms with Gasteiger partial charge in [0.25, 0.3) is 10.1 Å². The largest absolute Gasteiger partial charge is 0.323 e. The van der Waals surface area contributed by atoms with Gasteiger partial charge in [-0.25, -0.2) is 4.79 Å². The van der Waals surface area contributed by atoms with Crippen molar-refractivity contribution in [2.75, 3.05) is 10.6 Å². The van der Waals surface area contributed by atoms with E-state index in [1.165, 1.54) is 12.1 Å². The van der Waals surface area contributed by atoms with E-state index in [9.17, 15) is 17.8 Å². The summed E-state index contributed by atoms with van der Waals surface area (Å²) in [6.07, 6.45) is 0. The number of hydrogen-bond donors (Lipinski definition) is 3. The van der Waals surface area contributed by atoms with E-state index in [1.54, 1.807) is 42.5 Å². The molecule has 6 nitrogen and oxygen atoms in total. The van der Waals surface area contributed by atoms with Gasteiger partial charge in [0.1, 0.15) is 4.90 Å². The van der Waals surface area contributed by atoms with Crippen molar-refractivity contribution in [3.8, 4) is 11.1 Å². The molecule has 0 atom stereocenters. The lowest BCUT2D eigenvalue weighted by atomic mass is 10.1. The second-order valence-corrected chi connectivity index (χ2v) is 7.39. The van der Waals surface area contributed by atoms with Gasteiger partial charge in [-0.15, -0.1) is 0 Å². The summed E-state index contributed by atoms with van der Waals surface area (Å²) in [5.74, 6) is 0. The maximum atomic E-state index is 12.1. The van der Waals surface area contributed by atoms with Crippen LogP contribution in [0.2, 0.25) is 0 Å². The van der Waals surface area contributed by atoms with Gasteiger partial charge < -0.3 is 10.6 Å². The van der Waals surface area contributed by atoms with Crippen molar-refractivity contribution in [3.63, 3.8) is 0 Å². The normalized spacial score (nSPS) is 11.0. The van der Waals surface area contributed by atoms with Crippen molar-refractivity contribution < 1.29 is 17.8 Å². The third kappa shape index (κ3) is 4.72. The Morgan fingerprint density at radius 3 is 2.19 bits per heavy atom. The van der Waals surface area contributed by atoms with Crippen LogP contribution >= 0.6 is 0 Å². The molecule has 0 radical (unpaired) electrons. The molecular weight excluding hydrogens is 364 g/mol. The molecule has 0 saturated carbocycles. The van der Waals surface area contributed by atoms with Crippen molar-refractivity contribution in [2.45, 2.75) is 11.8 Å². The van der Waals surface area contributed by atoms with E-state index in [1.807, 2.05) is 25.1 Å². The molecule has 0 unspecified atom stereocenters. The molecule has 0 bridgehead atoms. The molecule has 0 saturated heterocycles. The van der Waals surface area contributed by atoms with E-state index in [0.29, 0.717) is 22.5 Å². The van der Waals surface area contributed by atoms with Gasteiger partial charge in [-0.3, -0.25) is 4.55 Å². The Bertz CT molecular complexity index is 1080. The lowest BCUT2D eigenvalue weighted by molar-refractivity contribution is 0.262. The van der Waals surface area contributed by atoms with E-state index >= 15 is 0 Å². The highest BCUT2D eigenvalue weighted by Gasteiger charge is 2.15. The summed E-state index contributed by atoms with van der Waals surface area (Å²) < 4.78 is 32.4. The predicted octanol–water partition coefficient (Wildman–Crippen LogP) is 4.55.